The SMILES string of the molecule is O=C(Cc1noc2ccccc12)N1CCCC(CBr)C1. The normalized spacial score (nSPS) is 19.4. The van der Waals surface area contributed by atoms with E-state index < -0.39 is 0 Å². The molecule has 1 aromatic heterocycles. The van der Waals surface area contributed by atoms with Gasteiger partial charge in [-0.25, -0.2) is 0 Å². The predicted molar refractivity (Wildman–Crippen MR) is 80.8 cm³/mol. The van der Waals surface area contributed by atoms with Gasteiger partial charge in [-0.3, -0.25) is 4.79 Å². The summed E-state index contributed by atoms with van der Waals surface area (Å²) in [5.74, 6) is 0.719. The van der Waals surface area contributed by atoms with Gasteiger partial charge in [-0.15, -0.1) is 0 Å². The zero-order valence-corrected chi connectivity index (χ0v) is 12.8. The monoisotopic (exact) mass is 336 g/mol. The Hall–Kier alpha value is -1.36. The van der Waals surface area contributed by atoms with E-state index in [4.69, 9.17) is 4.52 Å². The predicted octanol–water partition coefficient (Wildman–Crippen LogP) is 3.00. The van der Waals surface area contributed by atoms with E-state index in [0.29, 0.717) is 12.3 Å². The molecule has 1 fully saturated rings. The van der Waals surface area contributed by atoms with Crippen molar-refractivity contribution in [1.29, 1.82) is 0 Å². The molecule has 0 aliphatic carbocycles. The molecule has 3 rings (SSSR count). The minimum atomic E-state index is 0.148. The number of carbonyl (C=O) groups excluding carboxylic acids is 1. The Morgan fingerprint density at radius 2 is 2.30 bits per heavy atom. The van der Waals surface area contributed by atoms with Crippen molar-refractivity contribution in [2.75, 3.05) is 18.4 Å². The van der Waals surface area contributed by atoms with Gasteiger partial charge in [-0.1, -0.05) is 33.2 Å². The van der Waals surface area contributed by atoms with Crippen LogP contribution in [-0.2, 0) is 11.2 Å². The highest BCUT2D eigenvalue weighted by atomic mass is 79.9. The van der Waals surface area contributed by atoms with Crippen molar-refractivity contribution in [1.82, 2.24) is 10.1 Å². The molecule has 106 valence electrons. The van der Waals surface area contributed by atoms with Crippen molar-refractivity contribution in [2.45, 2.75) is 19.3 Å². The molecule has 1 unspecified atom stereocenters. The van der Waals surface area contributed by atoms with Crippen LogP contribution in [0.4, 0.5) is 0 Å². The van der Waals surface area contributed by atoms with Gasteiger partial charge in [-0.2, -0.15) is 0 Å². The smallest absolute Gasteiger partial charge is 0.228 e. The summed E-state index contributed by atoms with van der Waals surface area (Å²) in [5, 5.41) is 5.94. The van der Waals surface area contributed by atoms with Gasteiger partial charge >= 0.3 is 0 Å². The Bertz CT molecular complexity index is 611. The fourth-order valence-electron chi connectivity index (χ4n) is 2.74. The number of piperidine rings is 1. The summed E-state index contributed by atoms with van der Waals surface area (Å²) >= 11 is 3.52. The van der Waals surface area contributed by atoms with Crippen LogP contribution >= 0.6 is 15.9 Å². The number of likely N-dealkylation sites (tertiary alicyclic amines) is 1. The van der Waals surface area contributed by atoms with Crippen LogP contribution in [-0.4, -0.2) is 34.4 Å². The van der Waals surface area contributed by atoms with Crippen molar-refractivity contribution < 1.29 is 9.32 Å². The third-order valence-electron chi connectivity index (χ3n) is 3.86. The molecule has 0 saturated carbocycles. The quantitative estimate of drug-likeness (QED) is 0.809. The second kappa shape index (κ2) is 5.95. The number of hydrogen-bond acceptors (Lipinski definition) is 3. The number of hydrogen-bond donors (Lipinski definition) is 0. The fourth-order valence-corrected chi connectivity index (χ4v) is 3.27. The Morgan fingerprint density at radius 3 is 3.15 bits per heavy atom. The van der Waals surface area contributed by atoms with Crippen LogP contribution in [0.1, 0.15) is 18.5 Å². The van der Waals surface area contributed by atoms with Crippen molar-refractivity contribution in [2.24, 2.45) is 5.92 Å². The van der Waals surface area contributed by atoms with Crippen LogP contribution in [0.15, 0.2) is 28.8 Å². The molecule has 4 nitrogen and oxygen atoms in total. The number of nitrogens with zero attached hydrogens (tertiary/aromatic N) is 2. The molecule has 20 heavy (non-hydrogen) atoms. The lowest BCUT2D eigenvalue weighted by atomic mass is 10.00. The van der Waals surface area contributed by atoms with E-state index in [1.54, 1.807) is 0 Å². The number of halogens is 1. The van der Waals surface area contributed by atoms with Crippen molar-refractivity contribution in [3.8, 4) is 0 Å². The zero-order valence-electron chi connectivity index (χ0n) is 11.2. The molecule has 0 bridgehead atoms. The highest BCUT2D eigenvalue weighted by molar-refractivity contribution is 9.09. The maximum absolute atomic E-state index is 12.4. The first-order chi connectivity index (χ1) is 9.78. The average Bonchev–Trinajstić information content (AvgIpc) is 2.90. The van der Waals surface area contributed by atoms with Gasteiger partial charge in [0.15, 0.2) is 5.58 Å². The first-order valence-electron chi connectivity index (χ1n) is 6.95. The molecule has 2 aromatic rings. The van der Waals surface area contributed by atoms with Crippen LogP contribution in [0.5, 0.6) is 0 Å². The molecular formula is C15H17BrN2O2. The molecule has 0 spiro atoms. The number of carbonyl (C=O) groups is 1. The number of amides is 1. The lowest BCUT2D eigenvalue weighted by Gasteiger charge is -2.31. The van der Waals surface area contributed by atoms with E-state index in [9.17, 15) is 4.79 Å². The first kappa shape index (κ1) is 13.6. The molecule has 0 N–H and O–H groups in total. The average molecular weight is 337 g/mol. The number of benzene rings is 1. The maximum Gasteiger partial charge on any atom is 0.228 e. The van der Waals surface area contributed by atoms with Gasteiger partial charge in [0.2, 0.25) is 5.91 Å². The number of aromatic nitrogens is 1. The Labute approximate surface area is 126 Å². The Balaban J connectivity index is 1.72. The molecule has 1 saturated heterocycles. The number of rotatable bonds is 3. The van der Waals surface area contributed by atoms with Gasteiger partial charge in [0.25, 0.3) is 0 Å². The first-order valence-corrected chi connectivity index (χ1v) is 8.07. The zero-order chi connectivity index (χ0) is 13.9. The van der Waals surface area contributed by atoms with Crippen LogP contribution in [0.3, 0.4) is 0 Å². The molecule has 5 heteroatoms. The number of fused-ring (bicyclic) bond motifs is 1. The largest absolute Gasteiger partial charge is 0.356 e. The second-order valence-electron chi connectivity index (χ2n) is 5.30. The molecule has 1 atom stereocenters. The number of alkyl halides is 1. The molecular weight excluding hydrogens is 320 g/mol. The fraction of sp³-hybridized carbons (Fsp3) is 0.467. The summed E-state index contributed by atoms with van der Waals surface area (Å²) in [6.45, 7) is 1.71. The van der Waals surface area contributed by atoms with Gasteiger partial charge in [0.1, 0.15) is 5.69 Å². The van der Waals surface area contributed by atoms with Crippen LogP contribution in [0, 0.1) is 5.92 Å². The summed E-state index contributed by atoms with van der Waals surface area (Å²) < 4.78 is 5.25. The molecule has 2 heterocycles. The lowest BCUT2D eigenvalue weighted by Crippen LogP contribution is -2.41. The topological polar surface area (TPSA) is 46.3 Å². The van der Waals surface area contributed by atoms with Gasteiger partial charge in [-0.05, 0) is 30.9 Å². The summed E-state index contributed by atoms with van der Waals surface area (Å²) in [6, 6.07) is 7.67. The minimum Gasteiger partial charge on any atom is -0.356 e. The molecule has 1 aromatic carbocycles. The highest BCUT2D eigenvalue weighted by Gasteiger charge is 2.24. The molecule has 1 aliphatic heterocycles. The summed E-state index contributed by atoms with van der Waals surface area (Å²) in [7, 11) is 0. The van der Waals surface area contributed by atoms with Gasteiger partial charge in [0.05, 0.1) is 6.42 Å². The summed E-state index contributed by atoms with van der Waals surface area (Å²) in [4.78, 5) is 14.4. The Kier molecular flexibility index (Phi) is 4.05. The van der Waals surface area contributed by atoms with Crippen LogP contribution < -0.4 is 0 Å². The second-order valence-corrected chi connectivity index (χ2v) is 5.95. The van der Waals surface area contributed by atoms with Crippen molar-refractivity contribution in [3.63, 3.8) is 0 Å². The van der Waals surface area contributed by atoms with E-state index in [0.717, 1.165) is 41.5 Å². The van der Waals surface area contributed by atoms with Gasteiger partial charge in [0, 0.05) is 23.8 Å². The maximum atomic E-state index is 12.4. The third-order valence-corrected chi connectivity index (χ3v) is 4.78. The van der Waals surface area contributed by atoms with Crippen molar-refractivity contribution >= 4 is 32.8 Å². The van der Waals surface area contributed by atoms with E-state index >= 15 is 0 Å². The van der Waals surface area contributed by atoms with E-state index in [1.807, 2.05) is 29.2 Å². The lowest BCUT2D eigenvalue weighted by molar-refractivity contribution is -0.132. The molecule has 0 radical (unpaired) electrons. The van der Waals surface area contributed by atoms with Crippen LogP contribution in [0.25, 0.3) is 11.0 Å². The third kappa shape index (κ3) is 2.73. The Morgan fingerprint density at radius 1 is 1.45 bits per heavy atom. The minimum absolute atomic E-state index is 0.148. The van der Waals surface area contributed by atoms with Crippen LogP contribution in [0.2, 0.25) is 0 Å². The highest BCUT2D eigenvalue weighted by Crippen LogP contribution is 2.21. The van der Waals surface area contributed by atoms with E-state index in [1.165, 1.54) is 6.42 Å². The molecule has 1 aliphatic rings. The van der Waals surface area contributed by atoms with Gasteiger partial charge < -0.3 is 9.42 Å². The number of para-hydroxylation sites is 1. The summed E-state index contributed by atoms with van der Waals surface area (Å²) in [5.41, 5.74) is 1.49. The van der Waals surface area contributed by atoms with E-state index in [2.05, 4.69) is 21.1 Å². The molecule has 1 amide bonds. The standard InChI is InChI=1S/C15H17BrN2O2/c16-9-11-4-3-7-18(10-11)15(19)8-13-12-5-1-2-6-14(12)20-17-13/h1-2,5-6,11H,3-4,7-10H2. The van der Waals surface area contributed by atoms with Crippen molar-refractivity contribution in [3.05, 3.63) is 30.0 Å². The summed E-state index contributed by atoms with van der Waals surface area (Å²) in [6.07, 6.45) is 2.61. The van der Waals surface area contributed by atoms with E-state index in [-0.39, 0.29) is 5.91 Å².